The molecular formula is C17H25ClFN3O2S. The molecule has 0 amide bonds. The smallest absolute Gasteiger partial charge is 0.275 e. The van der Waals surface area contributed by atoms with Crippen molar-refractivity contribution in [3.8, 4) is 0 Å². The van der Waals surface area contributed by atoms with Crippen LogP contribution in [0.3, 0.4) is 0 Å². The third kappa shape index (κ3) is 4.71. The highest BCUT2D eigenvalue weighted by Gasteiger charge is 2.35. The van der Waals surface area contributed by atoms with Crippen LogP contribution in [0.25, 0.3) is 0 Å². The molecule has 1 aromatic rings. The average Bonchev–Trinajstić information content (AvgIpc) is 2.50. The summed E-state index contributed by atoms with van der Waals surface area (Å²) in [7, 11) is -3.89. The van der Waals surface area contributed by atoms with Crippen molar-refractivity contribution in [3.05, 3.63) is 28.8 Å². The van der Waals surface area contributed by atoms with Gasteiger partial charge in [-0.3, -0.25) is 4.90 Å². The van der Waals surface area contributed by atoms with Gasteiger partial charge in [-0.1, -0.05) is 31.5 Å². The summed E-state index contributed by atoms with van der Waals surface area (Å²) in [5.41, 5.74) is 1.29. The fraction of sp³-hybridized carbons (Fsp3) is 0.647. The lowest BCUT2D eigenvalue weighted by atomic mass is 10.0. The van der Waals surface area contributed by atoms with Gasteiger partial charge in [0.2, 0.25) is 0 Å². The SMILES string of the molecule is CC(C)c1ccc(N=S(=O)(F)N2CC(CN3CCOCC3)C2)cc1Cl. The molecule has 1 aromatic carbocycles. The maximum Gasteiger partial charge on any atom is 0.275 e. The topological polar surface area (TPSA) is 45.1 Å². The normalized spacial score (nSPS) is 22.6. The first-order chi connectivity index (χ1) is 11.8. The van der Waals surface area contributed by atoms with E-state index in [1.807, 2.05) is 19.9 Å². The molecule has 3 rings (SSSR count). The minimum Gasteiger partial charge on any atom is -0.379 e. The largest absolute Gasteiger partial charge is 0.379 e. The molecule has 25 heavy (non-hydrogen) atoms. The first-order valence-corrected chi connectivity index (χ1v) is 10.4. The van der Waals surface area contributed by atoms with Crippen LogP contribution in [0.15, 0.2) is 22.6 Å². The lowest BCUT2D eigenvalue weighted by Crippen LogP contribution is -2.53. The highest BCUT2D eigenvalue weighted by molar-refractivity contribution is 7.86. The van der Waals surface area contributed by atoms with Gasteiger partial charge in [0.15, 0.2) is 0 Å². The van der Waals surface area contributed by atoms with E-state index in [-0.39, 0.29) is 5.92 Å². The Morgan fingerprint density at radius 2 is 2.04 bits per heavy atom. The van der Waals surface area contributed by atoms with Crippen molar-refractivity contribution in [2.24, 2.45) is 10.3 Å². The highest BCUT2D eigenvalue weighted by atomic mass is 35.5. The molecule has 0 aliphatic carbocycles. The Bertz CT molecular complexity index is 725. The third-order valence-electron chi connectivity index (χ3n) is 4.69. The fourth-order valence-electron chi connectivity index (χ4n) is 3.20. The summed E-state index contributed by atoms with van der Waals surface area (Å²) in [6.07, 6.45) is 0. The Balaban J connectivity index is 1.61. The van der Waals surface area contributed by atoms with Crippen molar-refractivity contribution in [3.63, 3.8) is 0 Å². The molecule has 8 heteroatoms. The van der Waals surface area contributed by atoms with Crippen molar-refractivity contribution >= 4 is 27.6 Å². The Morgan fingerprint density at radius 3 is 2.64 bits per heavy atom. The second-order valence-electron chi connectivity index (χ2n) is 7.01. The fourth-order valence-corrected chi connectivity index (χ4v) is 4.87. The predicted molar refractivity (Wildman–Crippen MR) is 99.2 cm³/mol. The molecule has 0 saturated carbocycles. The number of ether oxygens (including phenoxy) is 1. The summed E-state index contributed by atoms with van der Waals surface area (Å²) in [5, 5.41) is 0.528. The van der Waals surface area contributed by atoms with Crippen molar-refractivity contribution in [1.29, 1.82) is 0 Å². The summed E-state index contributed by atoms with van der Waals surface area (Å²) in [6, 6.07) is 5.07. The van der Waals surface area contributed by atoms with E-state index in [1.165, 1.54) is 4.31 Å². The average molecular weight is 390 g/mol. The Morgan fingerprint density at radius 1 is 1.36 bits per heavy atom. The Labute approximate surface area is 154 Å². The third-order valence-corrected chi connectivity index (χ3v) is 6.38. The number of halogens is 2. The molecule has 2 aliphatic rings. The van der Waals surface area contributed by atoms with E-state index >= 15 is 0 Å². The molecule has 0 spiro atoms. The van der Waals surface area contributed by atoms with Gasteiger partial charge in [-0.05, 0) is 29.5 Å². The van der Waals surface area contributed by atoms with Crippen LogP contribution in [0.5, 0.6) is 0 Å². The summed E-state index contributed by atoms with van der Waals surface area (Å²) in [4.78, 5) is 2.31. The quantitative estimate of drug-likeness (QED) is 0.722. The first kappa shape index (κ1) is 19.0. The number of morpholine rings is 1. The van der Waals surface area contributed by atoms with Gasteiger partial charge in [0.25, 0.3) is 10.3 Å². The van der Waals surface area contributed by atoms with E-state index in [0.29, 0.717) is 29.7 Å². The van der Waals surface area contributed by atoms with Gasteiger partial charge in [0, 0.05) is 37.7 Å². The van der Waals surface area contributed by atoms with Crippen LogP contribution in [-0.4, -0.2) is 59.4 Å². The molecule has 2 heterocycles. The van der Waals surface area contributed by atoms with Crippen LogP contribution in [-0.2, 0) is 15.0 Å². The van der Waals surface area contributed by atoms with E-state index in [1.54, 1.807) is 12.1 Å². The molecule has 0 radical (unpaired) electrons. The van der Waals surface area contributed by atoms with Crippen LogP contribution in [0.4, 0.5) is 9.57 Å². The van der Waals surface area contributed by atoms with E-state index in [2.05, 4.69) is 9.26 Å². The highest BCUT2D eigenvalue weighted by Crippen LogP contribution is 2.31. The lowest BCUT2D eigenvalue weighted by Gasteiger charge is -2.40. The molecule has 0 bridgehead atoms. The number of hydrogen-bond acceptors (Lipinski definition) is 4. The molecule has 5 nitrogen and oxygen atoms in total. The standard InChI is InChI=1S/C17H25ClFN3O2S/c1-13(2)16-4-3-15(9-17(16)18)20-25(19,23)22-11-14(12-22)10-21-5-7-24-8-6-21/h3-4,9,13-14H,5-8,10-12H2,1-2H3. The molecule has 140 valence electrons. The van der Waals surface area contributed by atoms with Gasteiger partial charge in [0.05, 0.1) is 18.9 Å². The molecular weight excluding hydrogens is 365 g/mol. The second-order valence-corrected chi connectivity index (χ2v) is 8.98. The monoisotopic (exact) mass is 389 g/mol. The van der Waals surface area contributed by atoms with Gasteiger partial charge in [-0.15, -0.1) is 3.89 Å². The van der Waals surface area contributed by atoms with Crippen LogP contribution < -0.4 is 0 Å². The zero-order valence-electron chi connectivity index (χ0n) is 14.7. The van der Waals surface area contributed by atoms with Crippen LogP contribution >= 0.6 is 11.6 Å². The molecule has 1 unspecified atom stereocenters. The summed E-state index contributed by atoms with van der Waals surface area (Å²) < 4.78 is 37.4. The van der Waals surface area contributed by atoms with Crippen molar-refractivity contribution in [2.45, 2.75) is 19.8 Å². The number of rotatable bonds is 5. The molecule has 1 atom stereocenters. The van der Waals surface area contributed by atoms with E-state index in [4.69, 9.17) is 16.3 Å². The summed E-state index contributed by atoms with van der Waals surface area (Å²) >= 11 is 6.21. The maximum atomic E-state index is 14.6. The van der Waals surface area contributed by atoms with Crippen molar-refractivity contribution in [1.82, 2.24) is 9.21 Å². The van der Waals surface area contributed by atoms with Gasteiger partial charge < -0.3 is 4.74 Å². The minimum atomic E-state index is -3.89. The molecule has 2 aliphatic heterocycles. The summed E-state index contributed by atoms with van der Waals surface area (Å²) in [5.74, 6) is 0.601. The number of nitrogens with zero attached hydrogens (tertiary/aromatic N) is 3. The predicted octanol–water partition coefficient (Wildman–Crippen LogP) is 3.63. The van der Waals surface area contributed by atoms with E-state index in [0.717, 1.165) is 38.4 Å². The zero-order chi connectivity index (χ0) is 18.0. The Kier molecular flexibility index (Phi) is 6.00. The van der Waals surface area contributed by atoms with Crippen molar-refractivity contribution < 1.29 is 12.8 Å². The first-order valence-electron chi connectivity index (χ1n) is 8.66. The van der Waals surface area contributed by atoms with Gasteiger partial charge in [-0.2, -0.15) is 12.9 Å². The van der Waals surface area contributed by atoms with Gasteiger partial charge in [-0.25, -0.2) is 0 Å². The van der Waals surface area contributed by atoms with Crippen LogP contribution in [0.2, 0.25) is 5.02 Å². The summed E-state index contributed by atoms with van der Waals surface area (Å²) in [6.45, 7) is 9.21. The molecule has 0 N–H and O–H groups in total. The minimum absolute atomic E-state index is 0.271. The van der Waals surface area contributed by atoms with Gasteiger partial charge in [0.1, 0.15) is 0 Å². The number of hydrogen-bond donors (Lipinski definition) is 0. The van der Waals surface area contributed by atoms with E-state index < -0.39 is 10.3 Å². The zero-order valence-corrected chi connectivity index (χ0v) is 16.2. The van der Waals surface area contributed by atoms with Crippen molar-refractivity contribution in [2.75, 3.05) is 45.9 Å². The number of benzene rings is 1. The molecule has 2 fully saturated rings. The molecule has 2 saturated heterocycles. The van der Waals surface area contributed by atoms with E-state index in [9.17, 15) is 8.09 Å². The van der Waals surface area contributed by atoms with Gasteiger partial charge >= 0.3 is 0 Å². The van der Waals surface area contributed by atoms with Crippen LogP contribution in [0.1, 0.15) is 25.3 Å². The second kappa shape index (κ2) is 7.88. The molecule has 0 aromatic heterocycles. The lowest BCUT2D eigenvalue weighted by molar-refractivity contribution is 0.0191. The Hall–Kier alpha value is -0.730. The van der Waals surface area contributed by atoms with Crippen LogP contribution in [0, 0.1) is 5.92 Å². The maximum absolute atomic E-state index is 14.6.